The van der Waals surface area contributed by atoms with Crippen LogP contribution in [0.25, 0.3) is 0 Å². The number of allylic oxidation sites excluding steroid dienone is 3. The molecule has 0 saturated carbocycles. The van der Waals surface area contributed by atoms with E-state index in [1.807, 2.05) is 33.3 Å². The molecule has 0 aliphatic rings. The zero-order valence-corrected chi connectivity index (χ0v) is 37.8. The summed E-state index contributed by atoms with van der Waals surface area (Å²) >= 11 is 0. The minimum Gasteiger partial charge on any atom is -0.498 e. The Labute approximate surface area is 341 Å². The summed E-state index contributed by atoms with van der Waals surface area (Å²) in [5.74, 6) is -0.382. The van der Waals surface area contributed by atoms with Crippen LogP contribution < -0.4 is 0 Å². The molecular formula is C46H91NO7P+. The van der Waals surface area contributed by atoms with E-state index < -0.39 is 13.9 Å². The van der Waals surface area contributed by atoms with Gasteiger partial charge >= 0.3 is 13.8 Å². The highest BCUT2D eigenvalue weighted by Gasteiger charge is 2.26. The number of unbranched alkanes of at least 4 members (excludes halogenated alkanes) is 27. The molecule has 0 aromatic carbocycles. The lowest BCUT2D eigenvalue weighted by molar-refractivity contribution is -0.870. The standard InChI is InChI=1S/C46H90NO7P/c1-6-8-10-12-14-16-18-20-22-23-24-26-28-30-32-34-36-38-41-51-43-45(44-53-55(49,50)52-42-40-47(3,4)5)54-46(48)39-37-35-33-31-29-27-25-21-19-17-15-13-11-9-7-2/h33,35,38,41,45H,6-32,34,36-37,39-40,42-44H2,1-5H3/p+1/b35-33+,41-38+/t45-/m1/s1. The van der Waals surface area contributed by atoms with Gasteiger partial charge in [-0.25, -0.2) is 4.57 Å². The molecule has 8 nitrogen and oxygen atoms in total. The Bertz CT molecular complexity index is 936. The SMILES string of the molecule is CCCCCCCCCCCCC/C=C/CCC(=O)O[C@H](CO/C=C/CCCCCCCCCCCCCCCCCC)COP(=O)(O)OCC[N+](C)(C)C. The summed E-state index contributed by atoms with van der Waals surface area (Å²) in [6, 6.07) is 0. The summed E-state index contributed by atoms with van der Waals surface area (Å²) in [5, 5.41) is 0. The average Bonchev–Trinajstić information content (AvgIpc) is 3.13. The molecule has 0 amide bonds. The van der Waals surface area contributed by atoms with Gasteiger partial charge < -0.3 is 18.9 Å². The monoisotopic (exact) mass is 801 g/mol. The normalized spacial score (nSPS) is 13.9. The van der Waals surface area contributed by atoms with Crippen molar-refractivity contribution < 1.29 is 37.3 Å². The fourth-order valence-electron chi connectivity index (χ4n) is 6.48. The number of carbonyl (C=O) groups excluding carboxylic acids is 1. The van der Waals surface area contributed by atoms with Crippen LogP contribution >= 0.6 is 7.82 Å². The van der Waals surface area contributed by atoms with Crippen molar-refractivity contribution in [3.05, 3.63) is 24.5 Å². The van der Waals surface area contributed by atoms with E-state index in [9.17, 15) is 14.3 Å². The van der Waals surface area contributed by atoms with Crippen molar-refractivity contribution in [2.24, 2.45) is 0 Å². The van der Waals surface area contributed by atoms with Crippen molar-refractivity contribution in [3.8, 4) is 0 Å². The van der Waals surface area contributed by atoms with E-state index in [1.54, 1.807) is 6.26 Å². The fourth-order valence-corrected chi connectivity index (χ4v) is 7.22. The van der Waals surface area contributed by atoms with Gasteiger partial charge in [0.15, 0.2) is 6.10 Å². The number of carbonyl (C=O) groups is 1. The van der Waals surface area contributed by atoms with Gasteiger partial charge in [0.1, 0.15) is 19.8 Å². The number of esters is 1. The average molecular weight is 801 g/mol. The van der Waals surface area contributed by atoms with Crippen molar-refractivity contribution in [3.63, 3.8) is 0 Å². The van der Waals surface area contributed by atoms with Crippen molar-refractivity contribution in [1.29, 1.82) is 0 Å². The van der Waals surface area contributed by atoms with Crippen LogP contribution in [0.5, 0.6) is 0 Å². The molecule has 0 fully saturated rings. The van der Waals surface area contributed by atoms with Crippen LogP contribution in [-0.2, 0) is 27.9 Å². The topological polar surface area (TPSA) is 91.3 Å². The van der Waals surface area contributed by atoms with Crippen LogP contribution in [0.4, 0.5) is 0 Å². The Hall–Kier alpha value is -1.18. The van der Waals surface area contributed by atoms with Crippen molar-refractivity contribution in [1.82, 2.24) is 0 Å². The lowest BCUT2D eigenvalue weighted by Crippen LogP contribution is -2.37. The lowest BCUT2D eigenvalue weighted by Gasteiger charge is -2.24. The van der Waals surface area contributed by atoms with Gasteiger partial charge in [-0.05, 0) is 38.2 Å². The Morgan fingerprint density at radius 3 is 1.40 bits per heavy atom. The molecule has 1 unspecified atom stereocenters. The minimum absolute atomic E-state index is 0.0365. The quantitative estimate of drug-likeness (QED) is 0.0164. The molecule has 0 heterocycles. The van der Waals surface area contributed by atoms with Crippen LogP contribution in [0.15, 0.2) is 24.5 Å². The van der Waals surface area contributed by atoms with Crippen LogP contribution in [-0.4, -0.2) is 69.0 Å². The van der Waals surface area contributed by atoms with E-state index in [1.165, 1.54) is 167 Å². The molecule has 2 atom stereocenters. The maximum absolute atomic E-state index is 12.7. The predicted molar refractivity (Wildman–Crippen MR) is 233 cm³/mol. The third-order valence-corrected chi connectivity index (χ3v) is 11.1. The summed E-state index contributed by atoms with van der Waals surface area (Å²) in [7, 11) is 1.62. The van der Waals surface area contributed by atoms with Crippen LogP contribution in [0.2, 0.25) is 0 Å². The van der Waals surface area contributed by atoms with E-state index in [4.69, 9.17) is 18.5 Å². The number of likely N-dealkylation sites (N-methyl/N-ethyl adjacent to an activating group) is 1. The molecule has 0 spiro atoms. The Morgan fingerprint density at radius 2 is 0.964 bits per heavy atom. The van der Waals surface area contributed by atoms with E-state index in [0.717, 1.165) is 19.3 Å². The summed E-state index contributed by atoms with van der Waals surface area (Å²) in [5.41, 5.74) is 0. The number of hydrogen-bond acceptors (Lipinski definition) is 6. The Kier molecular flexibility index (Phi) is 38.8. The molecule has 0 aromatic rings. The van der Waals surface area contributed by atoms with Gasteiger partial charge in [0.25, 0.3) is 0 Å². The molecule has 55 heavy (non-hydrogen) atoms. The van der Waals surface area contributed by atoms with E-state index in [0.29, 0.717) is 17.4 Å². The largest absolute Gasteiger partial charge is 0.498 e. The maximum Gasteiger partial charge on any atom is 0.472 e. The number of phosphoric acid groups is 1. The number of nitrogens with zero attached hydrogens (tertiary/aromatic N) is 1. The third kappa shape index (κ3) is 43.8. The molecule has 326 valence electrons. The Balaban J connectivity index is 4.27. The van der Waals surface area contributed by atoms with E-state index in [-0.39, 0.29) is 32.2 Å². The van der Waals surface area contributed by atoms with E-state index >= 15 is 0 Å². The van der Waals surface area contributed by atoms with Gasteiger partial charge in [-0.3, -0.25) is 13.8 Å². The molecule has 0 aromatic heterocycles. The molecule has 0 aliphatic carbocycles. The highest BCUT2D eigenvalue weighted by molar-refractivity contribution is 7.47. The molecular weight excluding hydrogens is 709 g/mol. The first-order chi connectivity index (χ1) is 26.6. The predicted octanol–water partition coefficient (Wildman–Crippen LogP) is 14.0. The van der Waals surface area contributed by atoms with Crippen LogP contribution in [0.1, 0.15) is 213 Å². The van der Waals surface area contributed by atoms with Gasteiger partial charge in [0, 0.05) is 6.42 Å². The van der Waals surface area contributed by atoms with Gasteiger partial charge in [-0.2, -0.15) is 0 Å². The van der Waals surface area contributed by atoms with Crippen LogP contribution in [0, 0.1) is 0 Å². The van der Waals surface area contributed by atoms with E-state index in [2.05, 4.69) is 19.9 Å². The zero-order chi connectivity index (χ0) is 40.6. The molecule has 0 bridgehead atoms. The molecule has 1 N–H and O–H groups in total. The second kappa shape index (κ2) is 39.6. The second-order valence-electron chi connectivity index (χ2n) is 16.9. The fraction of sp³-hybridized carbons (Fsp3) is 0.891. The van der Waals surface area contributed by atoms with Crippen molar-refractivity contribution >= 4 is 13.8 Å². The number of ether oxygens (including phenoxy) is 2. The second-order valence-corrected chi connectivity index (χ2v) is 18.3. The first-order valence-corrected chi connectivity index (χ1v) is 24.6. The molecule has 0 radical (unpaired) electrons. The molecule has 0 saturated heterocycles. The first-order valence-electron chi connectivity index (χ1n) is 23.1. The number of rotatable bonds is 43. The lowest BCUT2D eigenvalue weighted by atomic mass is 10.0. The summed E-state index contributed by atoms with van der Waals surface area (Å²) in [6.45, 7) is 4.92. The number of phosphoric ester groups is 1. The minimum atomic E-state index is -4.30. The highest BCUT2D eigenvalue weighted by atomic mass is 31.2. The number of quaternary nitrogens is 1. The Morgan fingerprint density at radius 1 is 0.564 bits per heavy atom. The molecule has 9 heteroatoms. The van der Waals surface area contributed by atoms with Gasteiger partial charge in [-0.1, -0.05) is 187 Å². The van der Waals surface area contributed by atoms with Gasteiger partial charge in [0.05, 0.1) is 34.0 Å². The molecule has 0 rings (SSSR count). The highest BCUT2D eigenvalue weighted by Crippen LogP contribution is 2.43. The van der Waals surface area contributed by atoms with Crippen molar-refractivity contribution in [2.45, 2.75) is 219 Å². The smallest absolute Gasteiger partial charge is 0.472 e. The first kappa shape index (κ1) is 53.8. The maximum atomic E-state index is 12.7. The third-order valence-electron chi connectivity index (χ3n) is 10.1. The van der Waals surface area contributed by atoms with Crippen molar-refractivity contribution in [2.75, 3.05) is 47.5 Å². The molecule has 0 aliphatic heterocycles. The van der Waals surface area contributed by atoms with Crippen LogP contribution in [0.3, 0.4) is 0 Å². The summed E-state index contributed by atoms with van der Waals surface area (Å²) in [6.07, 6.45) is 46.1. The number of hydrogen-bond donors (Lipinski definition) is 1. The summed E-state index contributed by atoms with van der Waals surface area (Å²) < 4.78 is 34.7. The summed E-state index contributed by atoms with van der Waals surface area (Å²) in [4.78, 5) is 22.8. The zero-order valence-electron chi connectivity index (χ0n) is 36.9. The van der Waals surface area contributed by atoms with Gasteiger partial charge in [-0.15, -0.1) is 0 Å². The van der Waals surface area contributed by atoms with Gasteiger partial charge in [0.2, 0.25) is 0 Å².